The lowest BCUT2D eigenvalue weighted by atomic mass is 9.95. The van der Waals surface area contributed by atoms with Crippen LogP contribution in [0.4, 0.5) is 0 Å². The van der Waals surface area contributed by atoms with E-state index in [1.807, 2.05) is 24.9 Å². The fraction of sp³-hybridized carbons (Fsp3) is 0.625. The molecule has 1 aromatic rings. The van der Waals surface area contributed by atoms with Gasteiger partial charge in [-0.3, -0.25) is 4.90 Å². The van der Waals surface area contributed by atoms with E-state index in [1.54, 1.807) is 0 Å². The van der Waals surface area contributed by atoms with Gasteiger partial charge in [-0.1, -0.05) is 19.9 Å². The highest BCUT2D eigenvalue weighted by Crippen LogP contribution is 2.29. The first-order valence-electron chi connectivity index (χ1n) is 7.42. The third-order valence-corrected chi connectivity index (χ3v) is 6.09. The molecule has 5 heteroatoms. The third kappa shape index (κ3) is 3.77. The van der Waals surface area contributed by atoms with Crippen LogP contribution in [0.2, 0.25) is 0 Å². The number of hydrogen-bond acceptors (Lipinski definition) is 4. The molecule has 1 aliphatic heterocycles. The van der Waals surface area contributed by atoms with Crippen LogP contribution in [0.1, 0.15) is 42.9 Å². The van der Waals surface area contributed by atoms with Gasteiger partial charge in [-0.2, -0.15) is 0 Å². The molecular weight excluding hydrogens is 286 g/mol. The van der Waals surface area contributed by atoms with Gasteiger partial charge >= 0.3 is 0 Å². The smallest absolute Gasteiger partial charge is 0.151 e. The highest BCUT2D eigenvalue weighted by molar-refractivity contribution is 7.91. The monoisotopic (exact) mass is 311 g/mol. The molecule has 1 N–H and O–H groups in total. The molecule has 0 bridgehead atoms. The van der Waals surface area contributed by atoms with Gasteiger partial charge in [0.25, 0.3) is 0 Å². The van der Waals surface area contributed by atoms with E-state index in [0.29, 0.717) is 24.6 Å². The molecule has 0 amide bonds. The summed E-state index contributed by atoms with van der Waals surface area (Å²) in [5, 5.41) is 10.1. The van der Waals surface area contributed by atoms with Crippen LogP contribution in [0.5, 0.6) is 5.75 Å². The van der Waals surface area contributed by atoms with Crippen LogP contribution in [-0.4, -0.2) is 43.0 Å². The van der Waals surface area contributed by atoms with E-state index in [4.69, 9.17) is 0 Å². The lowest BCUT2D eigenvalue weighted by molar-refractivity contribution is 0.250. The van der Waals surface area contributed by atoms with E-state index in [2.05, 4.69) is 19.9 Å². The van der Waals surface area contributed by atoms with E-state index in [9.17, 15) is 13.5 Å². The maximum atomic E-state index is 11.6. The number of nitrogens with zero attached hydrogens (tertiary/aromatic N) is 1. The zero-order chi connectivity index (χ0) is 15.8. The second-order valence-electron chi connectivity index (χ2n) is 6.46. The summed E-state index contributed by atoms with van der Waals surface area (Å²) in [7, 11) is -0.945. The summed E-state index contributed by atoms with van der Waals surface area (Å²) in [6.07, 6.45) is 0.683. The molecule has 1 unspecified atom stereocenters. The summed E-state index contributed by atoms with van der Waals surface area (Å²) in [5.74, 6) is 1.21. The molecule has 4 nitrogen and oxygen atoms in total. The molecule has 1 atom stereocenters. The van der Waals surface area contributed by atoms with Gasteiger partial charge in [0.1, 0.15) is 5.75 Å². The van der Waals surface area contributed by atoms with Gasteiger partial charge in [0.15, 0.2) is 9.84 Å². The number of sulfone groups is 1. The van der Waals surface area contributed by atoms with Crippen LogP contribution in [0.3, 0.4) is 0 Å². The molecule has 0 saturated carbocycles. The SMILES string of the molecule is Cc1cc(O)c(CN(C)C2CCS(=O)(=O)C2)cc1C(C)C. The van der Waals surface area contributed by atoms with Crippen molar-refractivity contribution in [2.75, 3.05) is 18.6 Å². The Balaban J connectivity index is 2.18. The predicted molar refractivity (Wildman–Crippen MR) is 85.5 cm³/mol. The summed E-state index contributed by atoms with van der Waals surface area (Å²) in [4.78, 5) is 2.04. The van der Waals surface area contributed by atoms with Crippen molar-refractivity contribution in [2.45, 2.75) is 45.7 Å². The van der Waals surface area contributed by atoms with Crippen molar-refractivity contribution >= 4 is 9.84 Å². The number of aromatic hydroxyl groups is 1. The van der Waals surface area contributed by atoms with Crippen molar-refractivity contribution in [3.63, 3.8) is 0 Å². The second kappa shape index (κ2) is 5.97. The predicted octanol–water partition coefficient (Wildman–Crippen LogP) is 2.44. The van der Waals surface area contributed by atoms with Crippen LogP contribution in [-0.2, 0) is 16.4 Å². The molecule has 1 saturated heterocycles. The van der Waals surface area contributed by atoms with Gasteiger partial charge < -0.3 is 5.11 Å². The van der Waals surface area contributed by atoms with Crippen LogP contribution >= 0.6 is 0 Å². The summed E-state index contributed by atoms with van der Waals surface area (Å²) in [5.41, 5.74) is 3.20. The lowest BCUT2D eigenvalue weighted by Gasteiger charge is -2.24. The number of phenolic OH excluding ortho intramolecular Hbond substituents is 1. The Hall–Kier alpha value is -1.07. The maximum absolute atomic E-state index is 11.6. The molecule has 0 aromatic heterocycles. The minimum absolute atomic E-state index is 0.0539. The standard InChI is InChI=1S/C16H25NO3S/c1-11(2)15-8-13(16(18)7-12(15)3)9-17(4)14-5-6-21(19,20)10-14/h7-8,11,14,18H,5-6,9-10H2,1-4H3. The van der Waals surface area contributed by atoms with Gasteiger partial charge in [-0.15, -0.1) is 0 Å². The van der Waals surface area contributed by atoms with E-state index >= 15 is 0 Å². The topological polar surface area (TPSA) is 57.6 Å². The Labute approximate surface area is 127 Å². The van der Waals surface area contributed by atoms with Crippen molar-refractivity contribution in [1.82, 2.24) is 4.90 Å². The van der Waals surface area contributed by atoms with Crippen molar-refractivity contribution < 1.29 is 13.5 Å². The Bertz CT molecular complexity index is 623. The summed E-state index contributed by atoms with van der Waals surface area (Å²) in [6, 6.07) is 3.91. The van der Waals surface area contributed by atoms with Gasteiger partial charge in [0.05, 0.1) is 11.5 Å². The fourth-order valence-corrected chi connectivity index (χ4v) is 4.83. The first kappa shape index (κ1) is 16.3. The number of hydrogen-bond donors (Lipinski definition) is 1. The Morgan fingerprint density at radius 3 is 2.57 bits per heavy atom. The molecule has 21 heavy (non-hydrogen) atoms. The van der Waals surface area contributed by atoms with Crippen LogP contribution < -0.4 is 0 Å². The quantitative estimate of drug-likeness (QED) is 0.928. The summed E-state index contributed by atoms with van der Waals surface area (Å²) < 4.78 is 23.2. The van der Waals surface area contributed by atoms with Crippen molar-refractivity contribution in [1.29, 1.82) is 0 Å². The Kier molecular flexibility index (Phi) is 4.63. The van der Waals surface area contributed by atoms with Gasteiger partial charge in [-0.05, 0) is 43.5 Å². The molecule has 0 aliphatic carbocycles. The number of aryl methyl sites for hydroxylation is 1. The molecule has 118 valence electrons. The lowest BCUT2D eigenvalue weighted by Crippen LogP contribution is -2.32. The third-order valence-electron chi connectivity index (χ3n) is 4.34. The molecular formula is C16H25NO3S. The van der Waals surface area contributed by atoms with E-state index in [1.165, 1.54) is 5.56 Å². The molecule has 1 aromatic carbocycles. The van der Waals surface area contributed by atoms with E-state index in [-0.39, 0.29) is 17.5 Å². The fourth-order valence-electron chi connectivity index (χ4n) is 3.03. The van der Waals surface area contributed by atoms with Crippen LogP contribution in [0, 0.1) is 6.92 Å². The number of benzene rings is 1. The van der Waals surface area contributed by atoms with Crippen molar-refractivity contribution in [2.24, 2.45) is 0 Å². The number of rotatable bonds is 4. The first-order valence-corrected chi connectivity index (χ1v) is 9.25. The zero-order valence-electron chi connectivity index (χ0n) is 13.3. The largest absolute Gasteiger partial charge is 0.508 e. The molecule has 0 radical (unpaired) electrons. The van der Waals surface area contributed by atoms with Crippen LogP contribution in [0.15, 0.2) is 12.1 Å². The molecule has 2 rings (SSSR count). The van der Waals surface area contributed by atoms with Crippen LogP contribution in [0.25, 0.3) is 0 Å². The zero-order valence-corrected chi connectivity index (χ0v) is 14.1. The highest BCUT2D eigenvalue weighted by Gasteiger charge is 2.30. The molecule has 1 heterocycles. The molecule has 1 aliphatic rings. The first-order chi connectivity index (χ1) is 9.69. The molecule has 0 spiro atoms. The average Bonchev–Trinajstić information content (AvgIpc) is 2.72. The minimum atomic E-state index is -2.88. The minimum Gasteiger partial charge on any atom is -0.508 e. The molecule has 1 fully saturated rings. The second-order valence-corrected chi connectivity index (χ2v) is 8.69. The van der Waals surface area contributed by atoms with Gasteiger partial charge in [0, 0.05) is 18.2 Å². The average molecular weight is 311 g/mol. The highest BCUT2D eigenvalue weighted by atomic mass is 32.2. The number of phenols is 1. The maximum Gasteiger partial charge on any atom is 0.151 e. The Morgan fingerprint density at radius 2 is 2.05 bits per heavy atom. The van der Waals surface area contributed by atoms with E-state index in [0.717, 1.165) is 11.1 Å². The van der Waals surface area contributed by atoms with Crippen molar-refractivity contribution in [3.8, 4) is 5.75 Å². The summed E-state index contributed by atoms with van der Waals surface area (Å²) in [6.45, 7) is 6.85. The van der Waals surface area contributed by atoms with Crippen molar-refractivity contribution in [3.05, 3.63) is 28.8 Å². The van der Waals surface area contributed by atoms with Gasteiger partial charge in [0.2, 0.25) is 0 Å². The Morgan fingerprint density at radius 1 is 1.38 bits per heavy atom. The summed E-state index contributed by atoms with van der Waals surface area (Å²) >= 11 is 0. The van der Waals surface area contributed by atoms with E-state index < -0.39 is 9.84 Å². The van der Waals surface area contributed by atoms with Gasteiger partial charge in [-0.25, -0.2) is 8.42 Å². The normalized spacial score (nSPS) is 21.3.